The third-order valence-electron chi connectivity index (χ3n) is 4.69. The van der Waals surface area contributed by atoms with Crippen LogP contribution >= 0.6 is 12.6 Å². The summed E-state index contributed by atoms with van der Waals surface area (Å²) in [5.41, 5.74) is 5.79. The Hall–Kier alpha value is -1.28. The maximum absolute atomic E-state index is 12.9. The van der Waals surface area contributed by atoms with Gasteiger partial charge in [-0.05, 0) is 24.7 Å². The highest BCUT2D eigenvalue weighted by Crippen LogP contribution is 2.36. The van der Waals surface area contributed by atoms with E-state index >= 15 is 0 Å². The van der Waals surface area contributed by atoms with Crippen molar-refractivity contribution in [3.05, 3.63) is 0 Å². The number of hydrogen-bond acceptors (Lipinski definition) is 6. The van der Waals surface area contributed by atoms with Crippen LogP contribution in [0.2, 0.25) is 0 Å². The molecule has 4 atom stereocenters. The van der Waals surface area contributed by atoms with E-state index in [0.717, 1.165) is 19.3 Å². The predicted molar refractivity (Wildman–Crippen MR) is 92.7 cm³/mol. The topological polar surface area (TPSA) is 110 Å². The van der Waals surface area contributed by atoms with Crippen LogP contribution in [0, 0.1) is 11.8 Å². The van der Waals surface area contributed by atoms with E-state index in [2.05, 4.69) is 26.5 Å². The minimum absolute atomic E-state index is 0.0967. The average molecular weight is 360 g/mol. The molecule has 1 amide bonds. The first-order chi connectivity index (χ1) is 11.2. The Kier molecular flexibility index (Phi) is 8.02. The molecular weight excluding hydrogens is 332 g/mol. The first-order valence-electron chi connectivity index (χ1n) is 8.22. The van der Waals surface area contributed by atoms with Gasteiger partial charge in [0.1, 0.15) is 6.04 Å². The molecule has 0 aromatic carbocycles. The maximum atomic E-state index is 12.9. The van der Waals surface area contributed by atoms with E-state index in [4.69, 9.17) is 15.6 Å². The molecule has 0 saturated heterocycles. The van der Waals surface area contributed by atoms with Crippen molar-refractivity contribution in [1.82, 2.24) is 4.90 Å². The van der Waals surface area contributed by atoms with Crippen molar-refractivity contribution >= 4 is 30.5 Å². The molecule has 0 spiro atoms. The number of carbonyl (C=O) groups is 3. The number of carboxylic acid groups (broad SMARTS) is 1. The summed E-state index contributed by atoms with van der Waals surface area (Å²) < 4.78 is 4.81. The largest absolute Gasteiger partial charge is 0.481 e. The van der Waals surface area contributed by atoms with Gasteiger partial charge in [-0.1, -0.05) is 20.3 Å². The van der Waals surface area contributed by atoms with Gasteiger partial charge >= 0.3 is 11.9 Å². The molecule has 1 fully saturated rings. The van der Waals surface area contributed by atoms with E-state index in [1.165, 1.54) is 12.0 Å². The summed E-state index contributed by atoms with van der Waals surface area (Å²) in [6.07, 6.45) is 2.19. The summed E-state index contributed by atoms with van der Waals surface area (Å²) >= 11 is 4.20. The molecule has 0 radical (unpaired) electrons. The Balaban J connectivity index is 3.17. The number of aliphatic carboxylic acids is 1. The summed E-state index contributed by atoms with van der Waals surface area (Å²) in [6.45, 7) is 4.16. The SMILES string of the molecule is COC(=O)[C@@H](CS)N(C(=O)[C@@H](N)CC(=O)O)C1CCCC1C(C)C. The molecule has 1 rings (SSSR count). The van der Waals surface area contributed by atoms with Crippen molar-refractivity contribution in [1.29, 1.82) is 0 Å². The van der Waals surface area contributed by atoms with Crippen molar-refractivity contribution in [2.75, 3.05) is 12.9 Å². The van der Waals surface area contributed by atoms with E-state index in [1.54, 1.807) is 0 Å². The first-order valence-corrected chi connectivity index (χ1v) is 8.86. The molecule has 1 aliphatic carbocycles. The van der Waals surface area contributed by atoms with E-state index in [9.17, 15) is 14.4 Å². The molecule has 0 bridgehead atoms. The van der Waals surface area contributed by atoms with Gasteiger partial charge in [0.25, 0.3) is 0 Å². The fourth-order valence-electron chi connectivity index (χ4n) is 3.52. The van der Waals surface area contributed by atoms with Crippen LogP contribution in [0.1, 0.15) is 39.5 Å². The van der Waals surface area contributed by atoms with Gasteiger partial charge in [-0.25, -0.2) is 4.79 Å². The Labute approximate surface area is 148 Å². The summed E-state index contributed by atoms with van der Waals surface area (Å²) in [4.78, 5) is 37.3. The van der Waals surface area contributed by atoms with Crippen LogP contribution in [-0.4, -0.2) is 58.8 Å². The van der Waals surface area contributed by atoms with Crippen molar-refractivity contribution < 1.29 is 24.2 Å². The number of thiol groups is 1. The van der Waals surface area contributed by atoms with Crippen LogP contribution in [0.25, 0.3) is 0 Å². The quantitative estimate of drug-likeness (QED) is 0.438. The first kappa shape index (κ1) is 20.8. The average Bonchev–Trinajstić information content (AvgIpc) is 2.99. The van der Waals surface area contributed by atoms with Gasteiger partial charge in [0, 0.05) is 11.8 Å². The standard InChI is InChI=1S/C16H28N2O5S/c1-9(2)10-5-4-6-12(10)18(13(8-24)16(22)23-3)15(21)11(17)7-14(19)20/h9-13,24H,4-8,17H2,1-3H3,(H,19,20)/t10?,11-,12?,13+/m0/s1. The van der Waals surface area contributed by atoms with Gasteiger partial charge in [-0.15, -0.1) is 0 Å². The van der Waals surface area contributed by atoms with Crippen LogP contribution in [0.5, 0.6) is 0 Å². The Morgan fingerprint density at radius 3 is 2.42 bits per heavy atom. The zero-order chi connectivity index (χ0) is 18.4. The Morgan fingerprint density at radius 2 is 1.96 bits per heavy atom. The second kappa shape index (κ2) is 9.27. The molecule has 3 N–H and O–H groups in total. The minimum atomic E-state index is -1.19. The highest BCUT2D eigenvalue weighted by atomic mass is 32.1. The zero-order valence-corrected chi connectivity index (χ0v) is 15.4. The highest BCUT2D eigenvalue weighted by Gasteiger charge is 2.43. The number of hydrogen-bond donors (Lipinski definition) is 3. The third kappa shape index (κ3) is 4.86. The number of carboxylic acids is 1. The Morgan fingerprint density at radius 1 is 1.33 bits per heavy atom. The lowest BCUT2D eigenvalue weighted by Gasteiger charge is -2.39. The molecule has 0 aromatic heterocycles. The van der Waals surface area contributed by atoms with Crippen molar-refractivity contribution in [3.8, 4) is 0 Å². The van der Waals surface area contributed by atoms with Gasteiger partial charge in [-0.3, -0.25) is 9.59 Å². The van der Waals surface area contributed by atoms with Gasteiger partial charge < -0.3 is 20.5 Å². The minimum Gasteiger partial charge on any atom is -0.481 e. The van der Waals surface area contributed by atoms with Gasteiger partial charge in [0.05, 0.1) is 19.6 Å². The van der Waals surface area contributed by atoms with E-state index in [-0.39, 0.29) is 17.7 Å². The lowest BCUT2D eigenvalue weighted by Crippen LogP contribution is -2.58. The van der Waals surface area contributed by atoms with Crippen molar-refractivity contribution in [3.63, 3.8) is 0 Å². The molecule has 0 heterocycles. The molecule has 0 aromatic rings. The number of rotatable bonds is 8. The second-order valence-electron chi connectivity index (χ2n) is 6.58. The number of ether oxygens (including phenoxy) is 1. The van der Waals surface area contributed by atoms with E-state index < -0.39 is 36.4 Å². The molecule has 24 heavy (non-hydrogen) atoms. The lowest BCUT2D eigenvalue weighted by atomic mass is 9.89. The van der Waals surface area contributed by atoms with Crippen LogP contribution in [0.4, 0.5) is 0 Å². The predicted octanol–water partition coefficient (Wildman–Crippen LogP) is 0.913. The summed E-state index contributed by atoms with van der Waals surface area (Å²) in [6, 6.07) is -2.22. The van der Waals surface area contributed by atoms with Gasteiger partial charge in [-0.2, -0.15) is 12.6 Å². The number of carbonyl (C=O) groups excluding carboxylic acids is 2. The maximum Gasteiger partial charge on any atom is 0.329 e. The van der Waals surface area contributed by atoms with Gasteiger partial charge in [0.2, 0.25) is 5.91 Å². The number of methoxy groups -OCH3 is 1. The zero-order valence-electron chi connectivity index (χ0n) is 14.5. The monoisotopic (exact) mass is 360 g/mol. The van der Waals surface area contributed by atoms with Crippen LogP contribution < -0.4 is 5.73 Å². The van der Waals surface area contributed by atoms with E-state index in [0.29, 0.717) is 5.92 Å². The number of esters is 1. The van der Waals surface area contributed by atoms with Crippen molar-refractivity contribution in [2.45, 2.75) is 57.7 Å². The molecule has 138 valence electrons. The van der Waals surface area contributed by atoms with Gasteiger partial charge in [0.15, 0.2) is 0 Å². The molecular formula is C16H28N2O5S. The van der Waals surface area contributed by atoms with E-state index in [1.807, 2.05) is 0 Å². The second-order valence-corrected chi connectivity index (χ2v) is 6.94. The Bertz CT molecular complexity index is 471. The molecule has 1 saturated carbocycles. The molecule has 7 nitrogen and oxygen atoms in total. The van der Waals surface area contributed by atoms with Crippen LogP contribution in [0.3, 0.4) is 0 Å². The lowest BCUT2D eigenvalue weighted by molar-refractivity contribution is -0.156. The van der Waals surface area contributed by atoms with Crippen LogP contribution in [-0.2, 0) is 19.1 Å². The molecule has 8 heteroatoms. The smallest absolute Gasteiger partial charge is 0.329 e. The normalized spacial score (nSPS) is 22.9. The summed E-state index contributed by atoms with van der Waals surface area (Å²) in [7, 11) is 1.26. The molecule has 0 aliphatic heterocycles. The molecule has 2 unspecified atom stereocenters. The summed E-state index contributed by atoms with van der Waals surface area (Å²) in [5, 5.41) is 8.91. The number of nitrogens with two attached hydrogens (primary N) is 1. The van der Waals surface area contributed by atoms with Crippen molar-refractivity contribution in [2.24, 2.45) is 17.6 Å². The van der Waals surface area contributed by atoms with Crippen LogP contribution in [0.15, 0.2) is 0 Å². The number of amides is 1. The summed E-state index contributed by atoms with van der Waals surface area (Å²) in [5.74, 6) is -1.57. The number of nitrogens with zero attached hydrogens (tertiary/aromatic N) is 1. The fraction of sp³-hybridized carbons (Fsp3) is 0.812. The molecule has 1 aliphatic rings. The third-order valence-corrected chi connectivity index (χ3v) is 5.04. The fourth-order valence-corrected chi connectivity index (χ4v) is 3.84. The highest BCUT2D eigenvalue weighted by molar-refractivity contribution is 7.80.